The van der Waals surface area contributed by atoms with Gasteiger partial charge in [-0.05, 0) is 12.8 Å². The van der Waals surface area contributed by atoms with E-state index in [4.69, 9.17) is 11.6 Å². The minimum Gasteiger partial charge on any atom is -0.362 e. The van der Waals surface area contributed by atoms with E-state index in [1.807, 2.05) is 23.1 Å². The third-order valence-corrected chi connectivity index (χ3v) is 3.06. The predicted octanol–water partition coefficient (Wildman–Crippen LogP) is 3.05. The van der Waals surface area contributed by atoms with Crippen molar-refractivity contribution in [2.75, 3.05) is 13.1 Å². The molecule has 0 aromatic heterocycles. The monoisotopic (exact) mass is 235 g/mol. The van der Waals surface area contributed by atoms with Crippen LogP contribution in [0.15, 0.2) is 41.6 Å². The Morgan fingerprint density at radius 2 is 1.81 bits per heavy atom. The Kier molecular flexibility index (Phi) is 3.62. The molecule has 2 nitrogen and oxygen atoms in total. The maximum atomic E-state index is 11.8. The zero-order chi connectivity index (χ0) is 11.4. The summed E-state index contributed by atoms with van der Waals surface area (Å²) in [5, 5.41) is 0.561. The molecule has 1 aliphatic rings. The number of rotatable bonds is 3. The van der Waals surface area contributed by atoms with Gasteiger partial charge in [0.15, 0.2) is 5.78 Å². The van der Waals surface area contributed by atoms with Gasteiger partial charge in [-0.15, -0.1) is 0 Å². The van der Waals surface area contributed by atoms with E-state index in [0.29, 0.717) is 10.7 Å². The van der Waals surface area contributed by atoms with E-state index in [2.05, 4.69) is 0 Å². The molecule has 2 rings (SSSR count). The van der Waals surface area contributed by atoms with Crippen LogP contribution in [0.4, 0.5) is 0 Å². The molecule has 1 saturated heterocycles. The summed E-state index contributed by atoms with van der Waals surface area (Å²) in [5.74, 6) is -0.0301. The molecule has 1 aliphatic heterocycles. The van der Waals surface area contributed by atoms with Gasteiger partial charge in [0.25, 0.3) is 0 Å². The Hall–Kier alpha value is -1.28. The number of likely N-dealkylation sites (tertiary alicyclic amines) is 1. The Balaban J connectivity index is 2.08. The van der Waals surface area contributed by atoms with Gasteiger partial charge >= 0.3 is 0 Å². The first-order valence-corrected chi connectivity index (χ1v) is 5.87. The second-order valence-electron chi connectivity index (χ2n) is 3.89. The molecular weight excluding hydrogens is 222 g/mol. The quantitative estimate of drug-likeness (QED) is 0.456. The zero-order valence-electron chi connectivity index (χ0n) is 9.03. The number of ketones is 1. The average molecular weight is 236 g/mol. The van der Waals surface area contributed by atoms with Crippen molar-refractivity contribution in [3.8, 4) is 0 Å². The van der Waals surface area contributed by atoms with Crippen LogP contribution in [0.1, 0.15) is 23.2 Å². The molecule has 0 unspecified atom stereocenters. The van der Waals surface area contributed by atoms with E-state index >= 15 is 0 Å². The summed E-state index contributed by atoms with van der Waals surface area (Å²) in [6.07, 6.45) is 3.83. The van der Waals surface area contributed by atoms with Gasteiger partial charge in [0.05, 0.1) is 0 Å². The fourth-order valence-electron chi connectivity index (χ4n) is 1.82. The van der Waals surface area contributed by atoms with Gasteiger partial charge in [-0.25, -0.2) is 0 Å². The van der Waals surface area contributed by atoms with Crippen LogP contribution < -0.4 is 0 Å². The predicted molar refractivity (Wildman–Crippen MR) is 65.5 cm³/mol. The lowest BCUT2D eigenvalue weighted by Gasteiger charge is -2.15. The molecule has 16 heavy (non-hydrogen) atoms. The number of hydrogen-bond donors (Lipinski definition) is 0. The first-order chi connectivity index (χ1) is 7.77. The molecule has 1 aromatic rings. The molecule has 0 bridgehead atoms. The highest BCUT2D eigenvalue weighted by atomic mass is 35.5. The van der Waals surface area contributed by atoms with Gasteiger partial charge < -0.3 is 4.90 Å². The Labute approximate surface area is 101 Å². The maximum absolute atomic E-state index is 11.8. The highest BCUT2D eigenvalue weighted by Crippen LogP contribution is 2.18. The lowest BCUT2D eigenvalue weighted by atomic mass is 10.1. The number of carbonyl (C=O) groups excluding carboxylic acids is 1. The van der Waals surface area contributed by atoms with Gasteiger partial charge in [0.2, 0.25) is 0 Å². The molecule has 1 aromatic carbocycles. The van der Waals surface area contributed by atoms with E-state index in [9.17, 15) is 4.79 Å². The summed E-state index contributed by atoms with van der Waals surface area (Å²) in [5.41, 5.74) is 0.680. The molecular formula is C13H14ClNO. The van der Waals surface area contributed by atoms with Crippen LogP contribution in [-0.4, -0.2) is 23.8 Å². The molecule has 0 aliphatic carbocycles. The summed E-state index contributed by atoms with van der Waals surface area (Å²) in [7, 11) is 0. The van der Waals surface area contributed by atoms with Crippen molar-refractivity contribution in [2.24, 2.45) is 0 Å². The van der Waals surface area contributed by atoms with Gasteiger partial charge in [0, 0.05) is 24.7 Å². The van der Waals surface area contributed by atoms with Gasteiger partial charge in [-0.3, -0.25) is 4.79 Å². The van der Waals surface area contributed by atoms with Crippen molar-refractivity contribution >= 4 is 17.4 Å². The van der Waals surface area contributed by atoms with Crippen LogP contribution in [0.3, 0.4) is 0 Å². The third-order valence-electron chi connectivity index (χ3n) is 2.72. The minimum atomic E-state index is -0.0301. The standard InChI is InChI=1S/C13H14ClNO/c14-13(15-8-4-5-9-15)10-12(16)11-6-2-1-3-7-11/h1-3,6-7,10H,4-5,8-9H2/b13-10+. The normalized spacial score (nSPS) is 16.6. The maximum Gasteiger partial charge on any atom is 0.188 e. The first kappa shape index (κ1) is 11.2. The first-order valence-electron chi connectivity index (χ1n) is 5.49. The molecule has 3 heteroatoms. The molecule has 1 fully saturated rings. The van der Waals surface area contributed by atoms with Crippen LogP contribution >= 0.6 is 11.6 Å². The van der Waals surface area contributed by atoms with Crippen molar-refractivity contribution in [2.45, 2.75) is 12.8 Å². The molecule has 1 heterocycles. The number of halogens is 1. The number of carbonyl (C=O) groups is 1. The summed E-state index contributed by atoms with van der Waals surface area (Å²) in [6.45, 7) is 1.91. The van der Waals surface area contributed by atoms with E-state index < -0.39 is 0 Å². The average Bonchev–Trinajstić information content (AvgIpc) is 2.83. The van der Waals surface area contributed by atoms with Gasteiger partial charge in [0.1, 0.15) is 5.16 Å². The molecule has 84 valence electrons. The summed E-state index contributed by atoms with van der Waals surface area (Å²) >= 11 is 6.10. The fourth-order valence-corrected chi connectivity index (χ4v) is 2.08. The third kappa shape index (κ3) is 2.64. The molecule has 0 N–H and O–H groups in total. The lowest BCUT2D eigenvalue weighted by molar-refractivity contribution is 0.104. The highest BCUT2D eigenvalue weighted by Gasteiger charge is 2.14. The van der Waals surface area contributed by atoms with Crippen LogP contribution in [-0.2, 0) is 0 Å². The van der Waals surface area contributed by atoms with Gasteiger partial charge in [-0.2, -0.15) is 0 Å². The minimum absolute atomic E-state index is 0.0301. The number of nitrogens with zero attached hydrogens (tertiary/aromatic N) is 1. The Morgan fingerprint density at radius 1 is 1.19 bits per heavy atom. The highest BCUT2D eigenvalue weighted by molar-refractivity contribution is 6.31. The van der Waals surface area contributed by atoms with Crippen molar-refractivity contribution in [3.63, 3.8) is 0 Å². The van der Waals surface area contributed by atoms with Crippen molar-refractivity contribution < 1.29 is 4.79 Å². The van der Waals surface area contributed by atoms with Crippen LogP contribution in [0.2, 0.25) is 0 Å². The topological polar surface area (TPSA) is 20.3 Å². The van der Waals surface area contributed by atoms with Crippen molar-refractivity contribution in [1.82, 2.24) is 4.90 Å². The number of allylic oxidation sites excluding steroid dienone is 1. The largest absolute Gasteiger partial charge is 0.362 e. The molecule has 0 amide bonds. The SMILES string of the molecule is O=C(/C=C(\Cl)N1CCCC1)c1ccccc1. The number of hydrogen-bond acceptors (Lipinski definition) is 2. The van der Waals surface area contributed by atoms with E-state index in [1.165, 1.54) is 6.08 Å². The van der Waals surface area contributed by atoms with Crippen LogP contribution in [0.5, 0.6) is 0 Å². The summed E-state index contributed by atoms with van der Waals surface area (Å²) < 4.78 is 0. The molecule has 0 radical (unpaired) electrons. The van der Waals surface area contributed by atoms with Crippen LogP contribution in [0, 0.1) is 0 Å². The van der Waals surface area contributed by atoms with Crippen molar-refractivity contribution in [3.05, 3.63) is 47.1 Å². The Morgan fingerprint density at radius 3 is 2.44 bits per heavy atom. The van der Waals surface area contributed by atoms with E-state index in [1.54, 1.807) is 12.1 Å². The van der Waals surface area contributed by atoms with Gasteiger partial charge in [-0.1, -0.05) is 41.9 Å². The summed E-state index contributed by atoms with van der Waals surface area (Å²) in [4.78, 5) is 13.9. The second kappa shape index (κ2) is 5.17. The number of benzene rings is 1. The second-order valence-corrected chi connectivity index (χ2v) is 4.28. The van der Waals surface area contributed by atoms with Crippen molar-refractivity contribution in [1.29, 1.82) is 0 Å². The fraction of sp³-hybridized carbons (Fsp3) is 0.308. The van der Waals surface area contributed by atoms with E-state index in [0.717, 1.165) is 25.9 Å². The molecule has 0 saturated carbocycles. The van der Waals surface area contributed by atoms with E-state index in [-0.39, 0.29) is 5.78 Å². The molecule has 0 spiro atoms. The smallest absolute Gasteiger partial charge is 0.188 e. The van der Waals surface area contributed by atoms with Crippen LogP contribution in [0.25, 0.3) is 0 Å². The lowest BCUT2D eigenvalue weighted by Crippen LogP contribution is -2.16. The molecule has 0 atom stereocenters. The zero-order valence-corrected chi connectivity index (χ0v) is 9.78. The Bertz CT molecular complexity index is 394. The summed E-state index contributed by atoms with van der Waals surface area (Å²) in [6, 6.07) is 9.19.